The van der Waals surface area contributed by atoms with E-state index >= 15 is 0 Å². The molecule has 2 N–H and O–H groups in total. The summed E-state index contributed by atoms with van der Waals surface area (Å²) in [6.45, 7) is 0.146. The molecule has 0 saturated carbocycles. The molecule has 5 aromatic rings. The second kappa shape index (κ2) is 14.5. The fourth-order valence-electron chi connectivity index (χ4n) is 5.18. The summed E-state index contributed by atoms with van der Waals surface area (Å²) in [5.41, 5.74) is 5.50. The summed E-state index contributed by atoms with van der Waals surface area (Å²) in [6, 6.07) is 33.7. The van der Waals surface area contributed by atoms with Crippen molar-refractivity contribution in [3.05, 3.63) is 144 Å². The Balaban J connectivity index is 1.20. The van der Waals surface area contributed by atoms with E-state index in [1.54, 1.807) is 60.6 Å². The highest BCUT2D eigenvalue weighted by molar-refractivity contribution is 7.99. The first-order chi connectivity index (χ1) is 22.0. The van der Waals surface area contributed by atoms with Gasteiger partial charge >= 0.3 is 0 Å². The third-order valence-electron chi connectivity index (χ3n) is 7.57. The van der Waals surface area contributed by atoms with Crippen molar-refractivity contribution in [1.82, 2.24) is 14.7 Å². The van der Waals surface area contributed by atoms with Crippen LogP contribution in [0.25, 0.3) is 11.1 Å². The molecule has 1 aliphatic rings. The molecule has 230 valence electrons. The van der Waals surface area contributed by atoms with Crippen LogP contribution in [0.5, 0.6) is 0 Å². The van der Waals surface area contributed by atoms with Gasteiger partial charge in [-0.1, -0.05) is 103 Å². The van der Waals surface area contributed by atoms with Crippen molar-refractivity contribution < 1.29 is 23.0 Å². The van der Waals surface area contributed by atoms with Gasteiger partial charge in [-0.25, -0.2) is 23.1 Å². The Morgan fingerprint density at radius 1 is 0.800 bits per heavy atom. The molecule has 0 radical (unpaired) electrons. The monoisotopic (exact) mass is 639 g/mol. The molecule has 0 bridgehead atoms. The Labute approximate surface area is 267 Å². The Hall–Kier alpha value is -3.90. The van der Waals surface area contributed by atoms with Crippen LogP contribution in [0.2, 0.25) is 0 Å². The summed E-state index contributed by atoms with van der Waals surface area (Å²) in [7, 11) is -3.64. The number of nitrogens with one attached hydrogen (secondary N) is 1. The van der Waals surface area contributed by atoms with Gasteiger partial charge in [0.15, 0.2) is 11.4 Å². The van der Waals surface area contributed by atoms with Gasteiger partial charge in [0.05, 0.1) is 23.7 Å². The van der Waals surface area contributed by atoms with E-state index in [4.69, 9.17) is 9.47 Å². The van der Waals surface area contributed by atoms with E-state index in [0.717, 1.165) is 33.4 Å². The number of aliphatic hydroxyl groups is 1. The highest BCUT2D eigenvalue weighted by atomic mass is 32.2. The molecule has 10 heteroatoms. The molecule has 1 aromatic heterocycles. The fourth-order valence-corrected chi connectivity index (χ4v) is 7.03. The average Bonchev–Trinajstić information content (AvgIpc) is 3.11. The van der Waals surface area contributed by atoms with Crippen molar-refractivity contribution in [2.75, 3.05) is 5.75 Å². The van der Waals surface area contributed by atoms with Gasteiger partial charge in [-0.2, -0.15) is 0 Å². The molecule has 0 amide bonds. The van der Waals surface area contributed by atoms with E-state index in [1.807, 2.05) is 72.8 Å². The lowest BCUT2D eigenvalue weighted by molar-refractivity contribution is -0.245. The van der Waals surface area contributed by atoms with Crippen LogP contribution in [0.15, 0.2) is 132 Å². The Morgan fingerprint density at radius 3 is 2.22 bits per heavy atom. The maximum absolute atomic E-state index is 12.8. The summed E-state index contributed by atoms with van der Waals surface area (Å²) in [4.78, 5) is 8.89. The normalized spacial score (nSPS) is 18.5. The van der Waals surface area contributed by atoms with Gasteiger partial charge in [0, 0.05) is 36.7 Å². The summed E-state index contributed by atoms with van der Waals surface area (Å²) < 4.78 is 41.3. The highest BCUT2D eigenvalue weighted by Crippen LogP contribution is 2.39. The minimum atomic E-state index is -3.64. The van der Waals surface area contributed by atoms with E-state index in [0.29, 0.717) is 17.3 Å². The van der Waals surface area contributed by atoms with E-state index < -0.39 is 16.3 Å². The predicted molar refractivity (Wildman–Crippen MR) is 174 cm³/mol. The third kappa shape index (κ3) is 7.85. The molecule has 1 fully saturated rings. The molecule has 8 nitrogen and oxygen atoms in total. The molecular weight excluding hydrogens is 607 g/mol. The molecular formula is C35H33N3O5S2. The first-order valence-corrected chi connectivity index (χ1v) is 17.1. The number of hydrogen-bond donors (Lipinski definition) is 2. The highest BCUT2D eigenvalue weighted by Gasteiger charge is 2.32. The molecule has 0 spiro atoms. The van der Waals surface area contributed by atoms with Crippen LogP contribution in [0, 0.1) is 0 Å². The standard InChI is InChI=1S/C35H33N3O5S2/c39-23-25-11-13-27(14-12-25)33-21-30(24-44-35-36-19-6-20-37-35)42-34(43-33)28-17-15-26(16-18-28)32-10-5-4-7-29(32)22-38-45(40,41)31-8-2-1-3-9-31/h1-20,30,33-34,38-39H,21-24H2/t30-,33+,34+/m0/s1. The van der Waals surface area contributed by atoms with Crippen LogP contribution in [0.4, 0.5) is 0 Å². The topological polar surface area (TPSA) is 111 Å². The zero-order chi connectivity index (χ0) is 31.1. The van der Waals surface area contributed by atoms with Crippen LogP contribution < -0.4 is 4.72 Å². The molecule has 1 saturated heterocycles. The molecule has 4 aromatic carbocycles. The first-order valence-electron chi connectivity index (χ1n) is 14.6. The first kappa shape index (κ1) is 31.1. The van der Waals surface area contributed by atoms with Gasteiger partial charge in [-0.05, 0) is 46.0 Å². The molecule has 45 heavy (non-hydrogen) atoms. The van der Waals surface area contributed by atoms with Gasteiger partial charge < -0.3 is 14.6 Å². The van der Waals surface area contributed by atoms with Crippen molar-refractivity contribution in [2.24, 2.45) is 0 Å². The number of benzene rings is 4. The van der Waals surface area contributed by atoms with Crippen LogP contribution >= 0.6 is 11.8 Å². The lowest BCUT2D eigenvalue weighted by Crippen LogP contribution is -2.31. The van der Waals surface area contributed by atoms with Crippen molar-refractivity contribution in [1.29, 1.82) is 0 Å². The number of hydrogen-bond acceptors (Lipinski definition) is 8. The Morgan fingerprint density at radius 2 is 1.49 bits per heavy atom. The number of nitrogens with zero attached hydrogens (tertiary/aromatic N) is 2. The molecule has 3 atom stereocenters. The smallest absolute Gasteiger partial charge is 0.240 e. The van der Waals surface area contributed by atoms with Crippen molar-refractivity contribution in [2.45, 2.75) is 48.1 Å². The molecule has 0 aliphatic carbocycles. The largest absolute Gasteiger partial charge is 0.392 e. The van der Waals surface area contributed by atoms with Crippen LogP contribution in [0.1, 0.15) is 41.1 Å². The molecule has 0 unspecified atom stereocenters. The number of ether oxygens (including phenoxy) is 2. The molecule has 6 rings (SSSR count). The van der Waals surface area contributed by atoms with Crippen LogP contribution in [-0.4, -0.2) is 35.3 Å². The van der Waals surface area contributed by atoms with Crippen molar-refractivity contribution in [3.8, 4) is 11.1 Å². The summed E-state index contributed by atoms with van der Waals surface area (Å²) >= 11 is 1.55. The van der Waals surface area contributed by atoms with Crippen LogP contribution in [-0.2, 0) is 32.6 Å². The summed E-state index contributed by atoms with van der Waals surface area (Å²) in [6.07, 6.45) is 3.22. The minimum Gasteiger partial charge on any atom is -0.392 e. The maximum Gasteiger partial charge on any atom is 0.240 e. The van der Waals surface area contributed by atoms with E-state index in [-0.39, 0.29) is 30.3 Å². The number of rotatable bonds is 11. The zero-order valence-electron chi connectivity index (χ0n) is 24.4. The van der Waals surface area contributed by atoms with E-state index in [2.05, 4.69) is 14.7 Å². The van der Waals surface area contributed by atoms with E-state index in [9.17, 15) is 13.5 Å². The third-order valence-corrected chi connectivity index (χ3v) is 10.00. The zero-order valence-corrected chi connectivity index (χ0v) is 26.0. The average molecular weight is 640 g/mol. The maximum atomic E-state index is 12.8. The quantitative estimate of drug-likeness (QED) is 0.125. The van der Waals surface area contributed by atoms with Gasteiger partial charge in [-0.15, -0.1) is 0 Å². The SMILES string of the molecule is O=S(=O)(NCc1ccccc1-c1ccc([C@@H]2O[C@H](CSc3ncccn3)C[C@H](c3ccc(CO)cc3)O2)cc1)c1ccccc1. The molecule has 2 heterocycles. The van der Waals surface area contributed by atoms with Gasteiger partial charge in [0.1, 0.15) is 0 Å². The second-order valence-electron chi connectivity index (χ2n) is 10.6. The summed E-state index contributed by atoms with van der Waals surface area (Å²) in [5.74, 6) is 0.666. The van der Waals surface area contributed by atoms with Crippen molar-refractivity contribution in [3.63, 3.8) is 0 Å². The number of aromatic nitrogens is 2. The lowest BCUT2D eigenvalue weighted by Gasteiger charge is -2.36. The minimum absolute atomic E-state index is 0.0116. The fraction of sp³-hybridized carbons (Fsp3) is 0.200. The van der Waals surface area contributed by atoms with Crippen LogP contribution in [0.3, 0.4) is 0 Å². The van der Waals surface area contributed by atoms with Crippen molar-refractivity contribution >= 4 is 21.8 Å². The van der Waals surface area contributed by atoms with E-state index in [1.165, 1.54) is 0 Å². The number of thioether (sulfide) groups is 1. The second-order valence-corrected chi connectivity index (χ2v) is 13.4. The Kier molecular flexibility index (Phi) is 10.00. The number of sulfonamides is 1. The van der Waals surface area contributed by atoms with Gasteiger partial charge in [-0.3, -0.25) is 0 Å². The Bertz CT molecular complexity index is 1790. The predicted octanol–water partition coefficient (Wildman–Crippen LogP) is 6.45. The number of aliphatic hydroxyl groups excluding tert-OH is 1. The van der Waals surface area contributed by atoms with Gasteiger partial charge in [0.25, 0.3) is 0 Å². The van der Waals surface area contributed by atoms with Gasteiger partial charge in [0.2, 0.25) is 10.0 Å². The molecule has 1 aliphatic heterocycles. The summed E-state index contributed by atoms with van der Waals surface area (Å²) in [5, 5.41) is 10.2. The lowest BCUT2D eigenvalue weighted by atomic mass is 9.98.